The first kappa shape index (κ1) is 10.6. The molecule has 16 heavy (non-hydrogen) atoms. The maximum atomic E-state index is 10.6. The zero-order valence-electron chi connectivity index (χ0n) is 8.28. The van der Waals surface area contributed by atoms with Crippen LogP contribution in [-0.4, -0.2) is 4.92 Å². The van der Waals surface area contributed by atoms with Crippen molar-refractivity contribution in [2.45, 2.75) is 6.92 Å². The second-order valence-corrected chi connectivity index (χ2v) is 3.67. The highest BCUT2D eigenvalue weighted by Crippen LogP contribution is 2.40. The number of rotatable bonds is 1. The normalized spacial score (nSPS) is 13.9. The molecule has 1 aliphatic heterocycles. The van der Waals surface area contributed by atoms with Crippen LogP contribution in [0.2, 0.25) is 5.02 Å². The molecule has 3 N–H and O–H groups in total. The molecule has 0 fully saturated rings. The Hall–Kier alpha value is -1.95. The van der Waals surface area contributed by atoms with Gasteiger partial charge in [-0.25, -0.2) is 0 Å². The van der Waals surface area contributed by atoms with Crippen LogP contribution in [0.3, 0.4) is 0 Å². The third kappa shape index (κ3) is 1.63. The van der Waals surface area contributed by atoms with Crippen molar-refractivity contribution in [1.82, 2.24) is 0 Å². The van der Waals surface area contributed by atoms with Gasteiger partial charge in [0.25, 0.3) is 5.69 Å². The summed E-state index contributed by atoms with van der Waals surface area (Å²) in [6.45, 7) is 1.67. The van der Waals surface area contributed by atoms with Gasteiger partial charge in [0.15, 0.2) is 5.75 Å². The molecule has 0 atom stereocenters. The molecule has 1 aromatic carbocycles. The average Bonchev–Trinajstić information content (AvgIpc) is 2.20. The molecule has 2 rings (SSSR count). The first-order chi connectivity index (χ1) is 7.49. The smallest absolute Gasteiger partial charge is 0.273 e. The third-order valence-electron chi connectivity index (χ3n) is 2.14. The predicted octanol–water partition coefficient (Wildman–Crippen LogP) is 2.20. The van der Waals surface area contributed by atoms with Gasteiger partial charge in [0.1, 0.15) is 11.6 Å². The highest BCUT2D eigenvalue weighted by atomic mass is 35.5. The van der Waals surface area contributed by atoms with Crippen LogP contribution in [0.5, 0.6) is 5.75 Å². The van der Waals surface area contributed by atoms with E-state index in [-0.39, 0.29) is 10.7 Å². The van der Waals surface area contributed by atoms with E-state index in [1.807, 2.05) is 0 Å². The number of hydrogen-bond donors (Lipinski definition) is 2. The van der Waals surface area contributed by atoms with Crippen LogP contribution < -0.4 is 15.8 Å². The lowest BCUT2D eigenvalue weighted by Crippen LogP contribution is -2.19. The highest BCUT2D eigenvalue weighted by Gasteiger charge is 2.21. The molecule has 0 unspecified atom stereocenters. The molecule has 1 aliphatic rings. The van der Waals surface area contributed by atoms with Gasteiger partial charge in [0.05, 0.1) is 15.6 Å². The largest absolute Gasteiger partial charge is 0.454 e. The Kier molecular flexibility index (Phi) is 2.35. The molecule has 0 saturated carbocycles. The lowest BCUT2D eigenvalue weighted by atomic mass is 10.2. The SMILES string of the molecule is CC1=C(N)Nc2cc([N+](=O)[O-])cc(Cl)c2O1. The van der Waals surface area contributed by atoms with E-state index in [0.29, 0.717) is 23.0 Å². The molecule has 0 saturated heterocycles. The van der Waals surface area contributed by atoms with Gasteiger partial charge < -0.3 is 15.8 Å². The fraction of sp³-hybridized carbons (Fsp3) is 0.111. The summed E-state index contributed by atoms with van der Waals surface area (Å²) in [6, 6.07) is 2.55. The first-order valence-corrected chi connectivity index (χ1v) is 4.76. The number of halogens is 1. The first-order valence-electron chi connectivity index (χ1n) is 4.38. The molecule has 0 radical (unpaired) electrons. The van der Waals surface area contributed by atoms with Crippen LogP contribution in [0.15, 0.2) is 23.7 Å². The van der Waals surface area contributed by atoms with Crippen molar-refractivity contribution in [1.29, 1.82) is 0 Å². The van der Waals surface area contributed by atoms with Crippen LogP contribution in [0.25, 0.3) is 0 Å². The minimum Gasteiger partial charge on any atom is -0.454 e. The number of allylic oxidation sites excluding steroid dienone is 1. The van der Waals surface area contributed by atoms with E-state index < -0.39 is 4.92 Å². The minimum absolute atomic E-state index is 0.118. The van der Waals surface area contributed by atoms with Crippen molar-refractivity contribution in [3.63, 3.8) is 0 Å². The maximum absolute atomic E-state index is 10.6. The number of benzene rings is 1. The molecule has 0 aromatic heterocycles. The third-order valence-corrected chi connectivity index (χ3v) is 2.42. The molecule has 0 aliphatic carbocycles. The van der Waals surface area contributed by atoms with E-state index >= 15 is 0 Å². The maximum Gasteiger partial charge on any atom is 0.273 e. The van der Waals surface area contributed by atoms with Crippen LogP contribution in [0.1, 0.15) is 6.92 Å². The summed E-state index contributed by atoms with van der Waals surface area (Å²) in [5.41, 5.74) is 5.87. The molecule has 7 heteroatoms. The van der Waals surface area contributed by atoms with Gasteiger partial charge in [-0.3, -0.25) is 10.1 Å². The summed E-state index contributed by atoms with van der Waals surface area (Å²) in [4.78, 5) is 10.1. The van der Waals surface area contributed by atoms with E-state index in [1.54, 1.807) is 6.92 Å². The zero-order chi connectivity index (χ0) is 11.9. The Labute approximate surface area is 95.8 Å². The van der Waals surface area contributed by atoms with Gasteiger partial charge in [-0.2, -0.15) is 0 Å². The molecular formula is C9H8ClN3O3. The average molecular weight is 242 g/mol. The summed E-state index contributed by atoms with van der Waals surface area (Å²) in [5, 5.41) is 13.6. The summed E-state index contributed by atoms with van der Waals surface area (Å²) in [5.74, 6) is 1.13. The van der Waals surface area contributed by atoms with Crippen LogP contribution in [-0.2, 0) is 0 Å². The molecule has 0 amide bonds. The number of nitro benzene ring substituents is 1. The molecule has 1 heterocycles. The van der Waals surface area contributed by atoms with E-state index in [1.165, 1.54) is 12.1 Å². The molecular weight excluding hydrogens is 234 g/mol. The molecule has 84 valence electrons. The van der Waals surface area contributed by atoms with Gasteiger partial charge in [0, 0.05) is 12.1 Å². The standard InChI is InChI=1S/C9H8ClN3O3/c1-4-9(11)12-7-3-5(13(14)15)2-6(10)8(7)16-4/h2-3,12H,11H2,1H3. The summed E-state index contributed by atoms with van der Waals surface area (Å²) < 4.78 is 5.35. The van der Waals surface area contributed by atoms with Crippen LogP contribution in [0.4, 0.5) is 11.4 Å². The number of nitrogens with one attached hydrogen (secondary N) is 1. The Morgan fingerprint density at radius 3 is 2.88 bits per heavy atom. The fourth-order valence-corrected chi connectivity index (χ4v) is 1.57. The van der Waals surface area contributed by atoms with Gasteiger partial charge in [0.2, 0.25) is 0 Å². The van der Waals surface area contributed by atoms with Gasteiger partial charge in [-0.1, -0.05) is 11.6 Å². The highest BCUT2D eigenvalue weighted by molar-refractivity contribution is 6.32. The zero-order valence-corrected chi connectivity index (χ0v) is 9.04. The number of non-ortho nitro benzene ring substituents is 1. The predicted molar refractivity (Wildman–Crippen MR) is 59.2 cm³/mol. The Bertz CT molecular complexity index is 513. The second-order valence-electron chi connectivity index (χ2n) is 3.26. The summed E-state index contributed by atoms with van der Waals surface area (Å²) in [6.07, 6.45) is 0. The molecule has 0 spiro atoms. The summed E-state index contributed by atoms with van der Waals surface area (Å²) in [7, 11) is 0. The second kappa shape index (κ2) is 3.57. The quantitative estimate of drug-likeness (QED) is 0.581. The lowest BCUT2D eigenvalue weighted by Gasteiger charge is -2.21. The van der Waals surface area contributed by atoms with Crippen molar-refractivity contribution in [3.8, 4) is 5.75 Å². The number of anilines is 1. The van der Waals surface area contributed by atoms with Crippen LogP contribution in [0, 0.1) is 10.1 Å². The van der Waals surface area contributed by atoms with E-state index in [9.17, 15) is 10.1 Å². The number of nitrogens with two attached hydrogens (primary N) is 1. The van der Waals surface area contributed by atoms with Gasteiger partial charge >= 0.3 is 0 Å². The van der Waals surface area contributed by atoms with Crippen molar-refractivity contribution < 1.29 is 9.66 Å². The topological polar surface area (TPSA) is 90.4 Å². The monoisotopic (exact) mass is 241 g/mol. The van der Waals surface area contributed by atoms with E-state index in [4.69, 9.17) is 22.1 Å². The Balaban J connectivity index is 2.53. The van der Waals surface area contributed by atoms with Crippen molar-refractivity contribution >= 4 is 23.0 Å². The van der Waals surface area contributed by atoms with E-state index in [0.717, 1.165) is 0 Å². The number of fused-ring (bicyclic) bond motifs is 1. The van der Waals surface area contributed by atoms with Crippen molar-refractivity contribution in [2.24, 2.45) is 5.73 Å². The molecule has 0 bridgehead atoms. The van der Waals surface area contributed by atoms with Crippen molar-refractivity contribution in [3.05, 3.63) is 38.8 Å². The number of nitrogens with zero attached hydrogens (tertiary/aromatic N) is 1. The van der Waals surface area contributed by atoms with Crippen molar-refractivity contribution in [2.75, 3.05) is 5.32 Å². The fourth-order valence-electron chi connectivity index (χ4n) is 1.32. The molecule has 6 nitrogen and oxygen atoms in total. The number of nitro groups is 1. The van der Waals surface area contributed by atoms with E-state index in [2.05, 4.69) is 5.32 Å². The Morgan fingerprint density at radius 2 is 2.25 bits per heavy atom. The van der Waals surface area contributed by atoms with Gasteiger partial charge in [-0.15, -0.1) is 0 Å². The Morgan fingerprint density at radius 1 is 1.56 bits per heavy atom. The summed E-state index contributed by atoms with van der Waals surface area (Å²) >= 11 is 5.87. The lowest BCUT2D eigenvalue weighted by molar-refractivity contribution is -0.384. The number of ether oxygens (including phenoxy) is 1. The number of hydrogen-bond acceptors (Lipinski definition) is 5. The van der Waals surface area contributed by atoms with Gasteiger partial charge in [-0.05, 0) is 6.92 Å². The molecule has 1 aromatic rings. The minimum atomic E-state index is -0.533. The van der Waals surface area contributed by atoms with Crippen LogP contribution >= 0.6 is 11.6 Å².